The number of aryl methyl sites for hydroxylation is 2. The van der Waals surface area contributed by atoms with Gasteiger partial charge in [-0.15, -0.1) is 10.2 Å². The highest BCUT2D eigenvalue weighted by atomic mass is 32.2. The molecule has 0 radical (unpaired) electrons. The highest BCUT2D eigenvalue weighted by Gasteiger charge is 2.14. The summed E-state index contributed by atoms with van der Waals surface area (Å²) in [6, 6.07) is 9.51. The van der Waals surface area contributed by atoms with Crippen molar-refractivity contribution in [1.82, 2.24) is 15.2 Å². The monoisotopic (exact) mass is 325 g/mol. The third-order valence-corrected chi connectivity index (χ3v) is 4.15. The Hall–Kier alpha value is -2.47. The quantitative estimate of drug-likeness (QED) is 0.526. The van der Waals surface area contributed by atoms with E-state index in [1.807, 2.05) is 38.1 Å². The lowest BCUT2D eigenvalue weighted by molar-refractivity contribution is 0.102. The van der Waals surface area contributed by atoms with E-state index in [0.717, 1.165) is 22.3 Å². The molecule has 2 heterocycles. The normalized spacial score (nSPS) is 10.7. The van der Waals surface area contributed by atoms with Crippen LogP contribution in [0.5, 0.6) is 0 Å². The van der Waals surface area contributed by atoms with Crippen LogP contribution in [0.15, 0.2) is 52.4 Å². The van der Waals surface area contributed by atoms with Crippen LogP contribution in [0.1, 0.15) is 21.5 Å². The summed E-state index contributed by atoms with van der Waals surface area (Å²) < 4.78 is 5.56. The van der Waals surface area contributed by atoms with Gasteiger partial charge in [-0.2, -0.15) is 0 Å². The van der Waals surface area contributed by atoms with Crippen LogP contribution in [0.2, 0.25) is 0 Å². The summed E-state index contributed by atoms with van der Waals surface area (Å²) in [5, 5.41) is 8.32. The molecule has 116 valence electrons. The minimum atomic E-state index is 0.0531. The van der Waals surface area contributed by atoms with E-state index in [1.54, 1.807) is 18.5 Å². The summed E-state index contributed by atoms with van der Waals surface area (Å²) in [5.74, 6) is 0.719. The van der Waals surface area contributed by atoms with Gasteiger partial charge >= 0.3 is 0 Å². The van der Waals surface area contributed by atoms with E-state index >= 15 is 0 Å². The lowest BCUT2D eigenvalue weighted by Crippen LogP contribution is -2.05. The predicted octanol–water partition coefficient (Wildman–Crippen LogP) is 3.72. The van der Waals surface area contributed by atoms with Gasteiger partial charge in [0.05, 0.1) is 11.3 Å². The third-order valence-electron chi connectivity index (χ3n) is 3.34. The molecule has 3 rings (SSSR count). The van der Waals surface area contributed by atoms with Gasteiger partial charge in [-0.3, -0.25) is 9.78 Å². The zero-order valence-electron chi connectivity index (χ0n) is 12.8. The van der Waals surface area contributed by atoms with Crippen molar-refractivity contribution in [2.24, 2.45) is 0 Å². The molecule has 0 aliphatic rings. The summed E-state index contributed by atoms with van der Waals surface area (Å²) in [6.45, 7) is 3.91. The van der Waals surface area contributed by atoms with Crippen LogP contribution in [-0.2, 0) is 0 Å². The molecule has 0 N–H and O–H groups in total. The Morgan fingerprint density at radius 2 is 2.09 bits per heavy atom. The molecule has 0 spiro atoms. The van der Waals surface area contributed by atoms with Crippen molar-refractivity contribution in [2.75, 3.05) is 5.75 Å². The maximum atomic E-state index is 12.3. The van der Waals surface area contributed by atoms with Crippen molar-refractivity contribution >= 4 is 17.5 Å². The molecule has 0 atom stereocenters. The fraction of sp³-hybridized carbons (Fsp3) is 0.176. The first-order chi connectivity index (χ1) is 11.1. The van der Waals surface area contributed by atoms with Crippen molar-refractivity contribution in [2.45, 2.75) is 19.1 Å². The minimum absolute atomic E-state index is 0.0531. The first-order valence-corrected chi connectivity index (χ1v) is 8.09. The summed E-state index contributed by atoms with van der Waals surface area (Å²) in [7, 11) is 0. The average molecular weight is 325 g/mol. The summed E-state index contributed by atoms with van der Waals surface area (Å²) in [4.78, 5) is 16.4. The highest BCUT2D eigenvalue weighted by molar-refractivity contribution is 7.99. The number of thioether (sulfide) groups is 1. The lowest BCUT2D eigenvalue weighted by atomic mass is 10.0. The number of hydrogen-bond donors (Lipinski definition) is 0. The number of benzene rings is 1. The van der Waals surface area contributed by atoms with Crippen molar-refractivity contribution in [3.8, 4) is 11.5 Å². The molecule has 0 aliphatic carbocycles. The zero-order chi connectivity index (χ0) is 16.2. The Kier molecular flexibility index (Phi) is 4.52. The van der Waals surface area contributed by atoms with Crippen LogP contribution >= 0.6 is 11.8 Å². The summed E-state index contributed by atoms with van der Waals surface area (Å²) >= 11 is 1.24. The number of rotatable bonds is 5. The molecule has 2 aromatic heterocycles. The fourth-order valence-corrected chi connectivity index (χ4v) is 2.76. The number of ketones is 1. The number of pyridine rings is 1. The SMILES string of the molecule is Cc1ccc(C)c(C(=O)CSc2nnc(-c3cccnc3)o2)c1. The third kappa shape index (κ3) is 3.65. The Morgan fingerprint density at radius 1 is 1.22 bits per heavy atom. The smallest absolute Gasteiger partial charge is 0.277 e. The fourth-order valence-electron chi connectivity index (χ4n) is 2.12. The number of carbonyl (C=O) groups excluding carboxylic acids is 1. The molecule has 3 aromatic rings. The van der Waals surface area contributed by atoms with E-state index in [1.165, 1.54) is 11.8 Å². The van der Waals surface area contributed by atoms with E-state index in [2.05, 4.69) is 15.2 Å². The van der Waals surface area contributed by atoms with Crippen molar-refractivity contribution in [3.63, 3.8) is 0 Å². The molecular weight excluding hydrogens is 310 g/mol. The van der Waals surface area contributed by atoms with Crippen LogP contribution in [-0.4, -0.2) is 26.7 Å². The Morgan fingerprint density at radius 3 is 2.87 bits per heavy atom. The second-order valence-electron chi connectivity index (χ2n) is 5.15. The number of Topliss-reactive ketones (excluding diaryl/α,β-unsaturated/α-hetero) is 1. The molecular formula is C17H15N3O2S. The zero-order valence-corrected chi connectivity index (χ0v) is 13.6. The summed E-state index contributed by atoms with van der Waals surface area (Å²) in [5.41, 5.74) is 3.54. The number of nitrogens with zero attached hydrogens (tertiary/aromatic N) is 3. The number of aromatic nitrogens is 3. The van der Waals surface area contributed by atoms with E-state index in [9.17, 15) is 4.79 Å². The standard InChI is InChI=1S/C17H15N3O2S/c1-11-5-6-12(2)14(8-11)15(21)10-23-17-20-19-16(22-17)13-4-3-7-18-9-13/h3-9H,10H2,1-2H3. The average Bonchev–Trinajstić information content (AvgIpc) is 3.05. The van der Waals surface area contributed by atoms with Gasteiger partial charge in [-0.1, -0.05) is 29.5 Å². The van der Waals surface area contributed by atoms with Crippen molar-refractivity contribution in [3.05, 3.63) is 59.4 Å². The van der Waals surface area contributed by atoms with Gasteiger partial charge in [0, 0.05) is 18.0 Å². The van der Waals surface area contributed by atoms with Crippen LogP contribution in [0.4, 0.5) is 0 Å². The van der Waals surface area contributed by atoms with Crippen LogP contribution in [0.3, 0.4) is 0 Å². The summed E-state index contributed by atoms with van der Waals surface area (Å²) in [6.07, 6.45) is 3.33. The molecule has 1 aromatic carbocycles. The van der Waals surface area contributed by atoms with Crippen LogP contribution in [0, 0.1) is 13.8 Å². The molecule has 23 heavy (non-hydrogen) atoms. The van der Waals surface area contributed by atoms with E-state index in [4.69, 9.17) is 4.42 Å². The molecule has 0 bridgehead atoms. The second kappa shape index (κ2) is 6.75. The van der Waals surface area contributed by atoms with Crippen molar-refractivity contribution in [1.29, 1.82) is 0 Å². The maximum Gasteiger partial charge on any atom is 0.277 e. The van der Waals surface area contributed by atoms with E-state index in [0.29, 0.717) is 11.1 Å². The van der Waals surface area contributed by atoms with E-state index in [-0.39, 0.29) is 11.5 Å². The topological polar surface area (TPSA) is 68.9 Å². The molecule has 0 saturated carbocycles. The van der Waals surface area contributed by atoms with Gasteiger partial charge in [-0.05, 0) is 37.6 Å². The highest BCUT2D eigenvalue weighted by Crippen LogP contribution is 2.23. The molecule has 0 saturated heterocycles. The largest absolute Gasteiger partial charge is 0.411 e. The maximum absolute atomic E-state index is 12.3. The predicted molar refractivity (Wildman–Crippen MR) is 88.5 cm³/mol. The van der Waals surface area contributed by atoms with Gasteiger partial charge in [0.1, 0.15) is 0 Å². The molecule has 0 amide bonds. The van der Waals surface area contributed by atoms with Gasteiger partial charge < -0.3 is 4.42 Å². The molecule has 0 fully saturated rings. The van der Waals surface area contributed by atoms with Gasteiger partial charge in [0.2, 0.25) is 5.89 Å². The van der Waals surface area contributed by atoms with Gasteiger partial charge in [-0.25, -0.2) is 0 Å². The second-order valence-corrected chi connectivity index (χ2v) is 6.07. The number of hydrogen-bond acceptors (Lipinski definition) is 6. The Balaban J connectivity index is 1.68. The van der Waals surface area contributed by atoms with Gasteiger partial charge in [0.15, 0.2) is 5.78 Å². The Bertz CT molecular complexity index is 831. The molecule has 6 heteroatoms. The minimum Gasteiger partial charge on any atom is -0.411 e. The molecule has 5 nitrogen and oxygen atoms in total. The molecule has 0 aliphatic heterocycles. The first-order valence-electron chi connectivity index (χ1n) is 7.10. The number of carbonyl (C=O) groups is 1. The van der Waals surface area contributed by atoms with Crippen LogP contribution in [0.25, 0.3) is 11.5 Å². The van der Waals surface area contributed by atoms with E-state index < -0.39 is 0 Å². The van der Waals surface area contributed by atoms with Crippen LogP contribution < -0.4 is 0 Å². The van der Waals surface area contributed by atoms with Crippen molar-refractivity contribution < 1.29 is 9.21 Å². The Labute approximate surface area is 138 Å². The first kappa shape index (κ1) is 15.4. The van der Waals surface area contributed by atoms with Gasteiger partial charge in [0.25, 0.3) is 5.22 Å². The lowest BCUT2D eigenvalue weighted by Gasteiger charge is -2.04. The molecule has 0 unspecified atom stereocenters.